The Morgan fingerprint density at radius 2 is 2.32 bits per heavy atom. The van der Waals surface area contributed by atoms with E-state index in [1.165, 1.54) is 6.92 Å². The highest BCUT2D eigenvalue weighted by Crippen LogP contribution is 2.21. The summed E-state index contributed by atoms with van der Waals surface area (Å²) in [7, 11) is 0. The Morgan fingerprint density at radius 1 is 1.53 bits per heavy atom. The zero-order chi connectivity index (χ0) is 13.8. The van der Waals surface area contributed by atoms with Crippen molar-refractivity contribution in [1.82, 2.24) is 10.2 Å². The van der Waals surface area contributed by atoms with Crippen LogP contribution < -0.4 is 15.8 Å². The van der Waals surface area contributed by atoms with E-state index in [0.29, 0.717) is 43.2 Å². The molecule has 3 N–H and O–H groups in total. The Bertz CT molecular complexity index is 502. The fraction of sp³-hybridized carbons (Fsp3) is 0.385. The Hall–Kier alpha value is -2.24. The van der Waals surface area contributed by atoms with Gasteiger partial charge in [0.1, 0.15) is 12.4 Å². The van der Waals surface area contributed by atoms with Gasteiger partial charge in [0.05, 0.1) is 12.1 Å². The lowest BCUT2D eigenvalue weighted by atomic mass is 10.1. The molecular formula is C13H17N3O3. The molecule has 2 amide bonds. The number of Topliss-reactive ketones (excluding diaryl/α,β-unsaturated/α-hetero) is 1. The van der Waals surface area contributed by atoms with Gasteiger partial charge in [-0.3, -0.25) is 4.79 Å². The summed E-state index contributed by atoms with van der Waals surface area (Å²) in [4.78, 5) is 24.5. The number of ether oxygens (including phenoxy) is 1. The first-order valence-electron chi connectivity index (χ1n) is 6.14. The van der Waals surface area contributed by atoms with Gasteiger partial charge in [0.2, 0.25) is 0 Å². The van der Waals surface area contributed by atoms with E-state index >= 15 is 0 Å². The van der Waals surface area contributed by atoms with Gasteiger partial charge in [-0.05, 0) is 25.1 Å². The molecule has 19 heavy (non-hydrogen) atoms. The van der Waals surface area contributed by atoms with Gasteiger partial charge in [-0.2, -0.15) is 0 Å². The van der Waals surface area contributed by atoms with Crippen LogP contribution in [0, 0.1) is 0 Å². The minimum Gasteiger partial charge on any atom is -0.491 e. The van der Waals surface area contributed by atoms with E-state index in [4.69, 9.17) is 10.5 Å². The maximum atomic E-state index is 11.5. The van der Waals surface area contributed by atoms with Crippen molar-refractivity contribution in [3.8, 4) is 5.75 Å². The van der Waals surface area contributed by atoms with Crippen molar-refractivity contribution in [2.24, 2.45) is 0 Å². The Morgan fingerprint density at radius 3 is 2.95 bits per heavy atom. The van der Waals surface area contributed by atoms with E-state index in [1.54, 1.807) is 23.1 Å². The molecule has 0 atom stereocenters. The number of benzene rings is 1. The Balaban J connectivity index is 1.95. The number of nitrogens with one attached hydrogen (secondary N) is 1. The Kier molecular flexibility index (Phi) is 3.89. The molecule has 0 aliphatic carbocycles. The Labute approximate surface area is 111 Å². The van der Waals surface area contributed by atoms with Gasteiger partial charge in [0.25, 0.3) is 0 Å². The monoisotopic (exact) mass is 263 g/mol. The molecule has 1 aliphatic heterocycles. The second-order valence-electron chi connectivity index (χ2n) is 4.38. The zero-order valence-corrected chi connectivity index (χ0v) is 10.8. The van der Waals surface area contributed by atoms with Crippen LogP contribution in [0.25, 0.3) is 0 Å². The molecule has 0 unspecified atom stereocenters. The van der Waals surface area contributed by atoms with Crippen LogP contribution in [-0.4, -0.2) is 43.0 Å². The van der Waals surface area contributed by atoms with Crippen molar-refractivity contribution < 1.29 is 14.3 Å². The largest absolute Gasteiger partial charge is 0.491 e. The van der Waals surface area contributed by atoms with Crippen LogP contribution in [0.15, 0.2) is 18.2 Å². The SMILES string of the molecule is CC(=O)c1cc(N)ccc1OCCN1CCNC1=O. The van der Waals surface area contributed by atoms with Crippen LogP contribution in [0.1, 0.15) is 17.3 Å². The molecule has 1 heterocycles. The lowest BCUT2D eigenvalue weighted by Crippen LogP contribution is -2.31. The predicted octanol–water partition coefficient (Wildman–Crippen LogP) is 0.875. The van der Waals surface area contributed by atoms with Crippen molar-refractivity contribution >= 4 is 17.5 Å². The summed E-state index contributed by atoms with van der Waals surface area (Å²) in [5.74, 6) is 0.405. The minimum absolute atomic E-state index is 0.0762. The fourth-order valence-electron chi connectivity index (χ4n) is 1.94. The number of nitrogen functional groups attached to an aromatic ring is 1. The van der Waals surface area contributed by atoms with Crippen molar-refractivity contribution in [3.63, 3.8) is 0 Å². The maximum absolute atomic E-state index is 11.5. The van der Waals surface area contributed by atoms with Gasteiger partial charge in [-0.25, -0.2) is 4.79 Å². The van der Waals surface area contributed by atoms with Crippen LogP contribution in [0.4, 0.5) is 10.5 Å². The standard InChI is InChI=1S/C13H17N3O3/c1-9(17)11-8-10(14)2-3-12(11)19-7-6-16-5-4-15-13(16)18/h2-3,8H,4-7,14H2,1H3,(H,15,18). The molecule has 0 spiro atoms. The quantitative estimate of drug-likeness (QED) is 0.610. The van der Waals surface area contributed by atoms with Gasteiger partial charge in [-0.15, -0.1) is 0 Å². The average Bonchev–Trinajstić information content (AvgIpc) is 2.77. The minimum atomic E-state index is -0.0961. The number of nitrogens with two attached hydrogens (primary N) is 1. The number of carbonyl (C=O) groups is 2. The van der Waals surface area contributed by atoms with Crippen LogP contribution in [-0.2, 0) is 0 Å². The van der Waals surface area contributed by atoms with Gasteiger partial charge >= 0.3 is 6.03 Å². The summed E-state index contributed by atoms with van der Waals surface area (Å²) >= 11 is 0. The second-order valence-corrected chi connectivity index (χ2v) is 4.38. The number of urea groups is 1. The first kappa shape index (κ1) is 13.2. The first-order valence-corrected chi connectivity index (χ1v) is 6.14. The molecule has 102 valence electrons. The normalized spacial score (nSPS) is 14.4. The van der Waals surface area contributed by atoms with Crippen molar-refractivity contribution in [1.29, 1.82) is 0 Å². The maximum Gasteiger partial charge on any atom is 0.317 e. The lowest BCUT2D eigenvalue weighted by molar-refractivity contribution is 0.101. The van der Waals surface area contributed by atoms with Crippen LogP contribution in [0.3, 0.4) is 0 Å². The third-order valence-corrected chi connectivity index (χ3v) is 2.95. The van der Waals surface area contributed by atoms with E-state index in [0.717, 1.165) is 0 Å². The molecule has 1 fully saturated rings. The first-order chi connectivity index (χ1) is 9.08. The number of amides is 2. The molecule has 6 heteroatoms. The molecule has 0 saturated carbocycles. The molecule has 0 aromatic heterocycles. The molecule has 0 radical (unpaired) electrons. The highest BCUT2D eigenvalue weighted by Gasteiger charge is 2.19. The number of hydrogen-bond acceptors (Lipinski definition) is 4. The predicted molar refractivity (Wildman–Crippen MR) is 71.3 cm³/mol. The van der Waals surface area contributed by atoms with E-state index < -0.39 is 0 Å². The topological polar surface area (TPSA) is 84.7 Å². The molecule has 1 aliphatic rings. The van der Waals surface area contributed by atoms with E-state index in [1.807, 2.05) is 0 Å². The summed E-state index contributed by atoms with van der Waals surface area (Å²) in [6.07, 6.45) is 0. The molecule has 1 saturated heterocycles. The van der Waals surface area contributed by atoms with Crippen LogP contribution >= 0.6 is 0 Å². The van der Waals surface area contributed by atoms with Crippen LogP contribution in [0.5, 0.6) is 5.75 Å². The number of hydrogen-bond donors (Lipinski definition) is 2. The molecule has 0 bridgehead atoms. The molecule has 6 nitrogen and oxygen atoms in total. The third-order valence-electron chi connectivity index (χ3n) is 2.95. The van der Waals surface area contributed by atoms with Gasteiger partial charge in [0.15, 0.2) is 5.78 Å². The number of carbonyl (C=O) groups excluding carboxylic acids is 2. The van der Waals surface area contributed by atoms with Crippen molar-refractivity contribution in [2.45, 2.75) is 6.92 Å². The zero-order valence-electron chi connectivity index (χ0n) is 10.8. The second kappa shape index (κ2) is 5.60. The van der Waals surface area contributed by atoms with E-state index in [9.17, 15) is 9.59 Å². The van der Waals surface area contributed by atoms with E-state index in [-0.39, 0.29) is 11.8 Å². The highest BCUT2D eigenvalue weighted by atomic mass is 16.5. The summed E-state index contributed by atoms with van der Waals surface area (Å²) in [6, 6.07) is 4.88. The third kappa shape index (κ3) is 3.15. The highest BCUT2D eigenvalue weighted by molar-refractivity contribution is 5.97. The summed E-state index contributed by atoms with van der Waals surface area (Å²) in [6.45, 7) is 3.66. The molecule has 1 aromatic rings. The lowest BCUT2D eigenvalue weighted by Gasteiger charge is -2.15. The number of rotatable bonds is 5. The summed E-state index contributed by atoms with van der Waals surface area (Å²) < 4.78 is 5.57. The van der Waals surface area contributed by atoms with Gasteiger partial charge in [0, 0.05) is 18.8 Å². The van der Waals surface area contributed by atoms with Crippen LogP contribution in [0.2, 0.25) is 0 Å². The number of nitrogens with zero attached hydrogens (tertiary/aromatic N) is 1. The van der Waals surface area contributed by atoms with Crippen molar-refractivity contribution in [3.05, 3.63) is 23.8 Å². The molecule has 1 aromatic carbocycles. The van der Waals surface area contributed by atoms with Crippen molar-refractivity contribution in [2.75, 3.05) is 32.0 Å². The fourth-order valence-corrected chi connectivity index (χ4v) is 1.94. The summed E-state index contributed by atoms with van der Waals surface area (Å²) in [5, 5.41) is 2.72. The smallest absolute Gasteiger partial charge is 0.317 e. The summed E-state index contributed by atoms with van der Waals surface area (Å²) in [5.41, 5.74) is 6.63. The molecule has 2 rings (SSSR count). The average molecular weight is 263 g/mol. The number of ketones is 1. The molecular weight excluding hydrogens is 246 g/mol. The van der Waals surface area contributed by atoms with Gasteiger partial charge < -0.3 is 20.7 Å². The number of anilines is 1. The van der Waals surface area contributed by atoms with Gasteiger partial charge in [-0.1, -0.05) is 0 Å². The van der Waals surface area contributed by atoms with E-state index in [2.05, 4.69) is 5.32 Å².